The maximum atomic E-state index is 13.6. The van der Waals surface area contributed by atoms with E-state index in [1.54, 1.807) is 0 Å². The highest BCUT2D eigenvalue weighted by Gasteiger charge is 2.34. The molecule has 1 aliphatic rings. The molecule has 3 rings (SSSR count). The summed E-state index contributed by atoms with van der Waals surface area (Å²) in [6, 6.07) is 13.6. The third-order valence-electron chi connectivity index (χ3n) is 7.98. The molecule has 7 N–H and O–H groups in total. The molecule has 0 bridgehead atoms. The number of amides is 3. The summed E-state index contributed by atoms with van der Waals surface area (Å²) < 4.78 is 0. The molecule has 0 heterocycles. The van der Waals surface area contributed by atoms with E-state index in [1.807, 2.05) is 60.7 Å². The van der Waals surface area contributed by atoms with Gasteiger partial charge in [0.2, 0.25) is 17.7 Å². The largest absolute Gasteiger partial charge is 0.481 e. The number of carboxylic acid groups (broad SMARTS) is 2. The van der Waals surface area contributed by atoms with Gasteiger partial charge >= 0.3 is 11.9 Å². The van der Waals surface area contributed by atoms with E-state index in [-0.39, 0.29) is 24.5 Å². The van der Waals surface area contributed by atoms with E-state index in [0.717, 1.165) is 43.2 Å². The van der Waals surface area contributed by atoms with Gasteiger partial charge in [-0.05, 0) is 29.9 Å². The van der Waals surface area contributed by atoms with Gasteiger partial charge < -0.3 is 31.9 Å². The quantitative estimate of drug-likeness (QED) is 0.138. The van der Waals surface area contributed by atoms with Crippen molar-refractivity contribution in [2.45, 2.75) is 81.5 Å². The lowest BCUT2D eigenvalue weighted by Crippen LogP contribution is -2.58. The SMILES string of the molecule is N[C@H](C(=O)N[C@@H](CCC(=O)O)C(=O)N[C@@H](CC1CCCCC1)C(=O)N[C@@H](CS)C(=O)O)C(c1ccccc1)c1ccccc1. The first-order valence-electron chi connectivity index (χ1n) is 14.9. The molecule has 0 radical (unpaired) electrons. The number of aliphatic carboxylic acids is 2. The van der Waals surface area contributed by atoms with Crippen LogP contribution in [0.25, 0.3) is 0 Å². The second kappa shape index (κ2) is 17.4. The van der Waals surface area contributed by atoms with Crippen LogP contribution < -0.4 is 21.7 Å². The molecule has 12 heteroatoms. The molecule has 4 atom stereocenters. The number of hydrogen-bond acceptors (Lipinski definition) is 7. The van der Waals surface area contributed by atoms with Gasteiger partial charge in [0, 0.05) is 18.1 Å². The standard InChI is InChI=1S/C32H42N4O7S/c33-28(27(21-12-6-2-7-13-21)22-14-8-3-9-15-22)31(41)34-23(16-17-26(37)38)29(39)35-24(18-20-10-4-1-5-11-20)30(40)36-25(19-44)32(42)43/h2-3,6-9,12-15,20,23-25,27-28,44H,1,4-5,10-11,16-19,33H2,(H,34,41)(H,35,39)(H,36,40)(H,37,38)(H,42,43)/t23-,24-,25-,28-/m0/s1. The van der Waals surface area contributed by atoms with Gasteiger partial charge in [0.05, 0.1) is 6.04 Å². The van der Waals surface area contributed by atoms with Crippen LogP contribution in [0, 0.1) is 5.92 Å². The van der Waals surface area contributed by atoms with Gasteiger partial charge in [-0.3, -0.25) is 19.2 Å². The first-order chi connectivity index (χ1) is 21.1. The number of hydrogen-bond donors (Lipinski definition) is 7. The van der Waals surface area contributed by atoms with Crippen LogP contribution in [-0.2, 0) is 24.0 Å². The maximum Gasteiger partial charge on any atom is 0.327 e. The minimum absolute atomic E-state index is 0.136. The Kier molecular flexibility index (Phi) is 13.7. The van der Waals surface area contributed by atoms with Crippen LogP contribution in [0.5, 0.6) is 0 Å². The Morgan fingerprint density at radius 3 is 1.75 bits per heavy atom. The number of nitrogens with two attached hydrogens (primary N) is 1. The van der Waals surface area contributed by atoms with Crippen LogP contribution in [0.1, 0.15) is 68.4 Å². The number of rotatable bonds is 16. The van der Waals surface area contributed by atoms with Gasteiger partial charge in [-0.25, -0.2) is 4.79 Å². The summed E-state index contributed by atoms with van der Waals surface area (Å²) in [5, 5.41) is 26.5. The first-order valence-corrected chi connectivity index (χ1v) is 15.6. The van der Waals surface area contributed by atoms with Gasteiger partial charge in [-0.15, -0.1) is 0 Å². The van der Waals surface area contributed by atoms with Gasteiger partial charge in [-0.1, -0.05) is 92.8 Å². The molecule has 238 valence electrons. The van der Waals surface area contributed by atoms with E-state index in [0.29, 0.717) is 0 Å². The van der Waals surface area contributed by atoms with Crippen molar-refractivity contribution in [2.75, 3.05) is 5.75 Å². The molecule has 44 heavy (non-hydrogen) atoms. The van der Waals surface area contributed by atoms with E-state index in [4.69, 9.17) is 5.73 Å². The number of carboxylic acids is 2. The molecule has 3 amide bonds. The summed E-state index contributed by atoms with van der Waals surface area (Å²) in [7, 11) is 0. The summed E-state index contributed by atoms with van der Waals surface area (Å²) >= 11 is 4.01. The van der Waals surface area contributed by atoms with Gasteiger partial charge in [0.25, 0.3) is 0 Å². The molecular weight excluding hydrogens is 584 g/mol. The summed E-state index contributed by atoms with van der Waals surface area (Å²) in [6.07, 6.45) is 4.39. The highest BCUT2D eigenvalue weighted by molar-refractivity contribution is 7.80. The van der Waals surface area contributed by atoms with E-state index in [2.05, 4.69) is 28.6 Å². The molecule has 0 aromatic heterocycles. The normalized spacial score (nSPS) is 16.2. The lowest BCUT2D eigenvalue weighted by atomic mass is 9.84. The van der Waals surface area contributed by atoms with Crippen molar-refractivity contribution in [2.24, 2.45) is 11.7 Å². The van der Waals surface area contributed by atoms with Crippen LogP contribution >= 0.6 is 12.6 Å². The molecular formula is C32H42N4O7S. The summed E-state index contributed by atoms with van der Waals surface area (Å²) in [5.74, 6) is -5.09. The lowest BCUT2D eigenvalue weighted by Gasteiger charge is -2.29. The van der Waals surface area contributed by atoms with E-state index < -0.39 is 66.2 Å². The molecule has 1 aliphatic carbocycles. The molecule has 0 spiro atoms. The van der Waals surface area contributed by atoms with Crippen molar-refractivity contribution in [3.05, 3.63) is 71.8 Å². The average Bonchev–Trinajstić information content (AvgIpc) is 3.02. The highest BCUT2D eigenvalue weighted by atomic mass is 32.1. The number of nitrogens with one attached hydrogen (secondary N) is 3. The summed E-state index contributed by atoms with van der Waals surface area (Å²) in [4.78, 5) is 63.4. The minimum Gasteiger partial charge on any atom is -0.481 e. The van der Waals surface area contributed by atoms with E-state index in [9.17, 15) is 34.2 Å². The monoisotopic (exact) mass is 626 g/mol. The van der Waals surface area contributed by atoms with Gasteiger partial charge in [0.1, 0.15) is 18.1 Å². The molecule has 0 unspecified atom stereocenters. The molecule has 2 aromatic carbocycles. The second-order valence-corrected chi connectivity index (χ2v) is 11.6. The highest BCUT2D eigenvalue weighted by Crippen LogP contribution is 2.29. The zero-order valence-corrected chi connectivity index (χ0v) is 25.5. The molecule has 11 nitrogen and oxygen atoms in total. The van der Waals surface area contributed by atoms with E-state index in [1.165, 1.54) is 0 Å². The molecule has 1 saturated carbocycles. The Morgan fingerprint density at radius 1 is 0.750 bits per heavy atom. The molecule has 0 aliphatic heterocycles. The summed E-state index contributed by atoms with van der Waals surface area (Å²) in [6.45, 7) is 0. The summed E-state index contributed by atoms with van der Waals surface area (Å²) in [5.41, 5.74) is 8.09. The Morgan fingerprint density at radius 2 is 1.25 bits per heavy atom. The van der Waals surface area contributed by atoms with Crippen molar-refractivity contribution >= 4 is 42.3 Å². The van der Waals surface area contributed by atoms with Crippen molar-refractivity contribution < 1.29 is 34.2 Å². The Bertz CT molecular complexity index is 1220. The maximum absolute atomic E-state index is 13.6. The van der Waals surface area contributed by atoms with Gasteiger partial charge in [0.15, 0.2) is 0 Å². The third-order valence-corrected chi connectivity index (χ3v) is 8.35. The van der Waals surface area contributed by atoms with Crippen LogP contribution in [0.15, 0.2) is 60.7 Å². The molecule has 2 aromatic rings. The Labute approximate surface area is 262 Å². The zero-order valence-electron chi connectivity index (χ0n) is 24.6. The van der Waals surface area contributed by atoms with E-state index >= 15 is 0 Å². The lowest BCUT2D eigenvalue weighted by molar-refractivity contribution is -0.141. The molecule has 1 fully saturated rings. The topological polar surface area (TPSA) is 188 Å². The Balaban J connectivity index is 1.83. The van der Waals surface area contributed by atoms with Crippen LogP contribution in [0.4, 0.5) is 0 Å². The first kappa shape index (κ1) is 34.6. The molecule has 0 saturated heterocycles. The predicted molar refractivity (Wildman–Crippen MR) is 168 cm³/mol. The fourth-order valence-corrected chi connectivity index (χ4v) is 5.85. The Hall–Kier alpha value is -3.90. The average molecular weight is 627 g/mol. The number of thiol groups is 1. The number of carbonyl (C=O) groups excluding carboxylic acids is 3. The third kappa shape index (κ3) is 10.4. The van der Waals surface area contributed by atoms with Crippen molar-refractivity contribution in [1.29, 1.82) is 0 Å². The van der Waals surface area contributed by atoms with Crippen molar-refractivity contribution in [1.82, 2.24) is 16.0 Å². The smallest absolute Gasteiger partial charge is 0.327 e. The van der Waals surface area contributed by atoms with Crippen molar-refractivity contribution in [3.8, 4) is 0 Å². The minimum atomic E-state index is -1.31. The van der Waals surface area contributed by atoms with Crippen LogP contribution in [-0.4, -0.2) is 69.8 Å². The fraction of sp³-hybridized carbons (Fsp3) is 0.469. The predicted octanol–water partition coefficient (Wildman–Crippen LogP) is 2.45. The van der Waals surface area contributed by atoms with Crippen LogP contribution in [0.3, 0.4) is 0 Å². The van der Waals surface area contributed by atoms with Crippen LogP contribution in [0.2, 0.25) is 0 Å². The van der Waals surface area contributed by atoms with Crippen molar-refractivity contribution in [3.63, 3.8) is 0 Å². The number of carbonyl (C=O) groups is 5. The zero-order chi connectivity index (χ0) is 32.1. The van der Waals surface area contributed by atoms with Gasteiger partial charge in [-0.2, -0.15) is 12.6 Å². The second-order valence-electron chi connectivity index (χ2n) is 11.2. The number of benzene rings is 2. The fourth-order valence-electron chi connectivity index (χ4n) is 5.60.